The van der Waals surface area contributed by atoms with Gasteiger partial charge in [0.2, 0.25) is 0 Å². The molecular weight excluding hydrogens is 432 g/mol. The Bertz CT molecular complexity index is 676. The highest BCUT2D eigenvalue weighted by molar-refractivity contribution is 9.11. The number of ether oxygens (including phenoxy) is 4. The predicted octanol–water partition coefficient (Wildman–Crippen LogP) is 2.50. The first kappa shape index (κ1) is 22.5. The van der Waals surface area contributed by atoms with Gasteiger partial charge in [-0.2, -0.15) is 0 Å². The molecule has 0 radical (unpaired) electrons. The van der Waals surface area contributed by atoms with Gasteiger partial charge in [0.15, 0.2) is 12.4 Å². The van der Waals surface area contributed by atoms with E-state index in [1.807, 2.05) is 30.3 Å². The molecule has 2 rings (SSSR count). The van der Waals surface area contributed by atoms with E-state index < -0.39 is 36.5 Å². The number of aliphatic hydroxyl groups excluding tert-OH is 1. The number of carbonyl (C=O) groups is 2. The molecular formula is C20H25BrO7. The Balaban J connectivity index is 2.01. The van der Waals surface area contributed by atoms with Gasteiger partial charge in [-0.1, -0.05) is 46.3 Å². The Kier molecular flexibility index (Phi) is 9.11. The fourth-order valence-corrected chi connectivity index (χ4v) is 3.33. The zero-order valence-corrected chi connectivity index (χ0v) is 17.5. The monoisotopic (exact) mass is 456 g/mol. The van der Waals surface area contributed by atoms with Crippen molar-refractivity contribution in [3.8, 4) is 0 Å². The molecule has 0 spiro atoms. The van der Waals surface area contributed by atoms with Crippen molar-refractivity contribution in [2.24, 2.45) is 0 Å². The predicted molar refractivity (Wildman–Crippen MR) is 105 cm³/mol. The van der Waals surface area contributed by atoms with E-state index in [1.165, 1.54) is 24.4 Å². The van der Waals surface area contributed by atoms with Crippen LogP contribution >= 0.6 is 15.9 Å². The molecule has 0 aliphatic carbocycles. The number of benzene rings is 1. The Labute approximate surface area is 172 Å². The quantitative estimate of drug-likeness (QED) is 0.474. The Morgan fingerprint density at radius 3 is 2.54 bits per heavy atom. The van der Waals surface area contributed by atoms with E-state index in [-0.39, 0.29) is 6.61 Å². The van der Waals surface area contributed by atoms with Gasteiger partial charge in [-0.25, -0.2) is 0 Å². The van der Waals surface area contributed by atoms with Crippen molar-refractivity contribution in [2.45, 2.75) is 51.3 Å². The van der Waals surface area contributed by atoms with Gasteiger partial charge in [0.25, 0.3) is 0 Å². The lowest BCUT2D eigenvalue weighted by Gasteiger charge is -2.39. The van der Waals surface area contributed by atoms with Crippen LogP contribution in [0.5, 0.6) is 0 Å². The van der Waals surface area contributed by atoms with Crippen molar-refractivity contribution in [3.05, 3.63) is 46.5 Å². The molecule has 0 aromatic heterocycles. The molecule has 1 aromatic carbocycles. The summed E-state index contributed by atoms with van der Waals surface area (Å²) in [6, 6.07) is 10.0. The fraction of sp³-hybridized carbons (Fsp3) is 0.500. The van der Waals surface area contributed by atoms with E-state index in [0.29, 0.717) is 12.2 Å². The lowest BCUT2D eigenvalue weighted by atomic mass is 9.97. The summed E-state index contributed by atoms with van der Waals surface area (Å²) in [6.07, 6.45) is -2.30. The number of rotatable bonds is 8. The minimum Gasteiger partial charge on any atom is -0.463 e. The molecule has 8 heteroatoms. The summed E-state index contributed by atoms with van der Waals surface area (Å²) < 4.78 is 21.8. The van der Waals surface area contributed by atoms with Gasteiger partial charge < -0.3 is 24.1 Å². The number of hydrogen-bond donors (Lipinski definition) is 1. The highest BCUT2D eigenvalue weighted by Gasteiger charge is 2.44. The number of aryl methyl sites for hydroxylation is 1. The van der Waals surface area contributed by atoms with Gasteiger partial charge in [-0.05, 0) is 23.4 Å². The third-order valence-corrected chi connectivity index (χ3v) is 4.71. The zero-order chi connectivity index (χ0) is 20.5. The Hall–Kier alpha value is -1.74. The summed E-state index contributed by atoms with van der Waals surface area (Å²) in [5.41, 5.74) is 1.65. The maximum absolute atomic E-state index is 11.5. The summed E-state index contributed by atoms with van der Waals surface area (Å²) >= 11 is 3.23. The van der Waals surface area contributed by atoms with Gasteiger partial charge in [0.1, 0.15) is 18.8 Å². The van der Waals surface area contributed by atoms with Crippen LogP contribution in [0, 0.1) is 0 Å². The normalized spacial score (nSPS) is 26.1. The number of halogens is 1. The standard InChI is InChI=1S/C20H25BrO7/c1-13(22)26-12-17-18(24)19(27-14(2)23)16(11-21)20(28-17)25-10-6-9-15-7-4-3-5-8-15/h3-5,7-8,11,17-20,24H,6,9-10,12H2,1-2H3/b16-11-/t17?,18-,19?,20+/m1/s1. The van der Waals surface area contributed by atoms with Gasteiger partial charge in [-0.15, -0.1) is 0 Å². The summed E-state index contributed by atoms with van der Waals surface area (Å²) in [4.78, 5) is 24.1. The molecule has 154 valence electrons. The summed E-state index contributed by atoms with van der Waals surface area (Å²) in [5.74, 6) is -1.05. The van der Waals surface area contributed by atoms with Crippen molar-refractivity contribution in [1.82, 2.24) is 0 Å². The van der Waals surface area contributed by atoms with E-state index in [9.17, 15) is 14.7 Å². The molecule has 2 unspecified atom stereocenters. The van der Waals surface area contributed by atoms with Crippen LogP contribution in [-0.4, -0.2) is 54.9 Å². The van der Waals surface area contributed by atoms with Crippen molar-refractivity contribution < 1.29 is 33.6 Å². The lowest BCUT2D eigenvalue weighted by molar-refractivity contribution is -0.233. The summed E-state index contributed by atoms with van der Waals surface area (Å²) in [7, 11) is 0. The van der Waals surface area contributed by atoms with Crippen molar-refractivity contribution >= 4 is 27.9 Å². The minimum absolute atomic E-state index is 0.173. The van der Waals surface area contributed by atoms with Gasteiger partial charge in [0, 0.05) is 19.4 Å². The van der Waals surface area contributed by atoms with E-state index in [1.54, 1.807) is 0 Å². The number of hydrogen-bond acceptors (Lipinski definition) is 7. The molecule has 1 aromatic rings. The van der Waals surface area contributed by atoms with Crippen LogP contribution in [0.3, 0.4) is 0 Å². The Morgan fingerprint density at radius 2 is 1.93 bits per heavy atom. The van der Waals surface area contributed by atoms with Gasteiger partial charge >= 0.3 is 11.9 Å². The van der Waals surface area contributed by atoms with Crippen LogP contribution < -0.4 is 0 Å². The first-order valence-corrected chi connectivity index (χ1v) is 9.93. The van der Waals surface area contributed by atoms with E-state index >= 15 is 0 Å². The van der Waals surface area contributed by atoms with Crippen LogP contribution in [-0.2, 0) is 35.0 Å². The molecule has 28 heavy (non-hydrogen) atoms. The SMILES string of the molecule is CC(=O)OCC1O[C@H](OCCCc2ccccc2)/C(=C\Br)C(OC(C)=O)[C@@H]1O. The first-order chi connectivity index (χ1) is 13.4. The maximum Gasteiger partial charge on any atom is 0.303 e. The molecule has 7 nitrogen and oxygen atoms in total. The van der Waals surface area contributed by atoms with Crippen LogP contribution in [0.1, 0.15) is 25.8 Å². The van der Waals surface area contributed by atoms with Crippen LogP contribution in [0.25, 0.3) is 0 Å². The summed E-state index contributed by atoms with van der Waals surface area (Å²) in [6.45, 7) is 2.74. The highest BCUT2D eigenvalue weighted by atomic mass is 79.9. The van der Waals surface area contributed by atoms with Crippen molar-refractivity contribution in [3.63, 3.8) is 0 Å². The molecule has 1 aliphatic rings. The molecule has 0 saturated carbocycles. The molecule has 1 saturated heterocycles. The zero-order valence-electron chi connectivity index (χ0n) is 15.9. The second-order valence-electron chi connectivity index (χ2n) is 6.40. The Morgan fingerprint density at radius 1 is 1.21 bits per heavy atom. The minimum atomic E-state index is -1.20. The largest absolute Gasteiger partial charge is 0.463 e. The maximum atomic E-state index is 11.5. The number of aliphatic hydroxyl groups is 1. The topological polar surface area (TPSA) is 91.3 Å². The molecule has 0 bridgehead atoms. The fourth-order valence-electron chi connectivity index (χ4n) is 2.86. The second kappa shape index (κ2) is 11.3. The van der Waals surface area contributed by atoms with Crippen LogP contribution in [0.4, 0.5) is 0 Å². The first-order valence-electron chi connectivity index (χ1n) is 9.02. The molecule has 1 fully saturated rings. The van der Waals surface area contributed by atoms with Crippen LogP contribution in [0.15, 0.2) is 40.9 Å². The highest BCUT2D eigenvalue weighted by Crippen LogP contribution is 2.30. The smallest absolute Gasteiger partial charge is 0.303 e. The number of carbonyl (C=O) groups excluding carboxylic acids is 2. The summed E-state index contributed by atoms with van der Waals surface area (Å²) in [5, 5.41) is 10.5. The molecule has 4 atom stereocenters. The van der Waals surface area contributed by atoms with E-state index in [0.717, 1.165) is 12.8 Å². The third-order valence-electron chi connectivity index (χ3n) is 4.18. The molecule has 1 heterocycles. The average molecular weight is 457 g/mol. The molecule has 1 N–H and O–H groups in total. The van der Waals surface area contributed by atoms with E-state index in [2.05, 4.69) is 15.9 Å². The van der Waals surface area contributed by atoms with Crippen molar-refractivity contribution in [1.29, 1.82) is 0 Å². The number of esters is 2. The van der Waals surface area contributed by atoms with Crippen molar-refractivity contribution in [2.75, 3.05) is 13.2 Å². The third kappa shape index (κ3) is 6.70. The van der Waals surface area contributed by atoms with Crippen LogP contribution in [0.2, 0.25) is 0 Å². The second-order valence-corrected chi connectivity index (χ2v) is 6.86. The van der Waals surface area contributed by atoms with Gasteiger partial charge in [-0.3, -0.25) is 9.59 Å². The van der Waals surface area contributed by atoms with Gasteiger partial charge in [0.05, 0.1) is 6.61 Å². The molecule has 1 aliphatic heterocycles. The molecule has 0 amide bonds. The van der Waals surface area contributed by atoms with E-state index in [4.69, 9.17) is 18.9 Å². The lowest BCUT2D eigenvalue weighted by Crippen LogP contribution is -2.54. The average Bonchev–Trinajstić information content (AvgIpc) is 2.66.